The number of fused-ring (bicyclic) bond motifs is 3. The molecule has 6 unspecified atom stereocenters. The molecule has 2 N–H and O–H groups in total. The van der Waals surface area contributed by atoms with Gasteiger partial charge in [-0.1, -0.05) is 25.8 Å². The highest BCUT2D eigenvalue weighted by Crippen LogP contribution is 2.63. The third-order valence-corrected chi connectivity index (χ3v) is 7.87. The lowest BCUT2D eigenvalue weighted by molar-refractivity contribution is -0.122. The molecule has 3 aliphatic carbocycles. The Balaban J connectivity index is 2.04. The SMILES string of the molecule is C#CCC1C2CC=C3C=C(O)CCC3(C)C2CCC1(C)C(C)(O)C#C. The highest BCUT2D eigenvalue weighted by atomic mass is 16.3. The Bertz CT molecular complexity index is 699. The second-order valence-electron chi connectivity index (χ2n) is 8.91. The Kier molecular flexibility index (Phi) is 4.33. The van der Waals surface area contributed by atoms with Crippen molar-refractivity contribution in [2.24, 2.45) is 28.6 Å². The van der Waals surface area contributed by atoms with Crippen LogP contribution in [0.2, 0.25) is 0 Å². The summed E-state index contributed by atoms with van der Waals surface area (Å²) in [5.41, 5.74) is -0.159. The molecule has 0 aliphatic heterocycles. The molecule has 0 aromatic carbocycles. The Morgan fingerprint density at radius 3 is 2.68 bits per heavy atom. The van der Waals surface area contributed by atoms with Gasteiger partial charge in [-0.2, -0.15) is 0 Å². The number of aliphatic hydroxyl groups excluding tert-OH is 1. The van der Waals surface area contributed by atoms with Crippen LogP contribution >= 0.6 is 0 Å². The van der Waals surface area contributed by atoms with Crippen molar-refractivity contribution >= 4 is 0 Å². The molecule has 0 aromatic heterocycles. The topological polar surface area (TPSA) is 40.5 Å². The minimum Gasteiger partial charge on any atom is -0.512 e. The van der Waals surface area contributed by atoms with Crippen LogP contribution < -0.4 is 0 Å². The molecule has 134 valence electrons. The molecule has 2 heteroatoms. The van der Waals surface area contributed by atoms with E-state index in [-0.39, 0.29) is 16.7 Å². The van der Waals surface area contributed by atoms with Crippen LogP contribution in [-0.4, -0.2) is 15.8 Å². The summed E-state index contributed by atoms with van der Waals surface area (Å²) in [7, 11) is 0. The van der Waals surface area contributed by atoms with E-state index >= 15 is 0 Å². The van der Waals surface area contributed by atoms with E-state index in [2.05, 4.69) is 31.8 Å². The van der Waals surface area contributed by atoms with Gasteiger partial charge >= 0.3 is 0 Å². The van der Waals surface area contributed by atoms with Gasteiger partial charge < -0.3 is 10.2 Å². The van der Waals surface area contributed by atoms with Crippen molar-refractivity contribution in [1.82, 2.24) is 0 Å². The number of rotatable bonds is 2. The predicted molar refractivity (Wildman–Crippen MR) is 101 cm³/mol. The van der Waals surface area contributed by atoms with Crippen LogP contribution in [0.5, 0.6) is 0 Å². The van der Waals surface area contributed by atoms with Crippen LogP contribution in [0.15, 0.2) is 23.5 Å². The molecule has 0 aromatic rings. The molecule has 1 saturated carbocycles. The van der Waals surface area contributed by atoms with Crippen LogP contribution in [0.3, 0.4) is 0 Å². The number of terminal acetylenes is 2. The molecule has 1 fully saturated rings. The highest BCUT2D eigenvalue weighted by Gasteiger charge is 2.58. The molecule has 6 atom stereocenters. The Labute approximate surface area is 152 Å². The summed E-state index contributed by atoms with van der Waals surface area (Å²) in [6.07, 6.45) is 20.9. The zero-order chi connectivity index (χ0) is 18.5. The molecule has 0 heterocycles. The van der Waals surface area contributed by atoms with E-state index in [0.29, 0.717) is 24.0 Å². The number of aliphatic hydroxyl groups is 2. The second-order valence-corrected chi connectivity index (χ2v) is 8.91. The van der Waals surface area contributed by atoms with Crippen molar-refractivity contribution in [3.8, 4) is 24.7 Å². The van der Waals surface area contributed by atoms with Gasteiger partial charge in [0.1, 0.15) is 5.60 Å². The third-order valence-electron chi connectivity index (χ3n) is 7.87. The lowest BCUT2D eigenvalue weighted by Crippen LogP contribution is -2.57. The molecule has 3 aliphatic rings. The molecule has 0 bridgehead atoms. The molecule has 0 spiro atoms. The van der Waals surface area contributed by atoms with Gasteiger partial charge in [0.2, 0.25) is 0 Å². The minimum absolute atomic E-state index is 0.0886. The van der Waals surface area contributed by atoms with E-state index < -0.39 is 5.60 Å². The zero-order valence-electron chi connectivity index (χ0n) is 15.7. The van der Waals surface area contributed by atoms with Gasteiger partial charge in [0.15, 0.2) is 0 Å². The average Bonchev–Trinajstić information content (AvgIpc) is 2.57. The molecule has 0 saturated heterocycles. The van der Waals surface area contributed by atoms with Crippen molar-refractivity contribution in [3.05, 3.63) is 23.5 Å². The van der Waals surface area contributed by atoms with Crippen LogP contribution in [-0.2, 0) is 0 Å². The lowest BCUT2D eigenvalue weighted by Gasteiger charge is -2.59. The maximum Gasteiger partial charge on any atom is 0.128 e. The largest absolute Gasteiger partial charge is 0.512 e. The predicted octanol–water partition coefficient (Wildman–Crippen LogP) is 4.61. The Morgan fingerprint density at radius 1 is 1.32 bits per heavy atom. The zero-order valence-corrected chi connectivity index (χ0v) is 15.7. The maximum absolute atomic E-state index is 11.0. The van der Waals surface area contributed by atoms with Gasteiger partial charge in [-0.3, -0.25) is 0 Å². The van der Waals surface area contributed by atoms with E-state index in [9.17, 15) is 10.2 Å². The summed E-state index contributed by atoms with van der Waals surface area (Å²) in [5, 5.41) is 20.9. The summed E-state index contributed by atoms with van der Waals surface area (Å²) < 4.78 is 0. The molecule has 2 nitrogen and oxygen atoms in total. The summed E-state index contributed by atoms with van der Waals surface area (Å²) in [6, 6.07) is 0. The van der Waals surface area contributed by atoms with Crippen molar-refractivity contribution in [1.29, 1.82) is 0 Å². The van der Waals surface area contributed by atoms with E-state index in [4.69, 9.17) is 12.8 Å². The number of hydrogen-bond acceptors (Lipinski definition) is 2. The highest BCUT2D eigenvalue weighted by molar-refractivity contribution is 5.36. The standard InChI is InChI=1S/C23H30O2/c1-6-8-20-18-10-9-16-15-17(24)11-13-21(16,3)19(18)12-14-22(20,4)23(5,25)7-2/h1-2,9,15,18-20,24-25H,8,10-14H2,3-5H3. The van der Waals surface area contributed by atoms with Crippen molar-refractivity contribution in [2.75, 3.05) is 0 Å². The molecule has 3 rings (SSSR count). The van der Waals surface area contributed by atoms with E-state index in [1.807, 2.05) is 6.08 Å². The third kappa shape index (κ3) is 2.54. The lowest BCUT2D eigenvalue weighted by atomic mass is 9.45. The Morgan fingerprint density at radius 2 is 2.04 bits per heavy atom. The van der Waals surface area contributed by atoms with Gasteiger partial charge in [0.05, 0.1) is 5.76 Å². The first-order valence-corrected chi connectivity index (χ1v) is 9.43. The first-order chi connectivity index (χ1) is 11.7. The summed E-state index contributed by atoms with van der Waals surface area (Å²) in [5.74, 6) is 7.15. The van der Waals surface area contributed by atoms with Gasteiger partial charge in [0.25, 0.3) is 0 Å². The summed E-state index contributed by atoms with van der Waals surface area (Å²) >= 11 is 0. The molecule has 0 radical (unpaired) electrons. The van der Waals surface area contributed by atoms with Gasteiger partial charge in [0, 0.05) is 18.3 Å². The van der Waals surface area contributed by atoms with Crippen molar-refractivity contribution < 1.29 is 10.2 Å². The first kappa shape index (κ1) is 18.2. The summed E-state index contributed by atoms with van der Waals surface area (Å²) in [4.78, 5) is 0. The van der Waals surface area contributed by atoms with E-state index in [1.54, 1.807) is 6.92 Å². The first-order valence-electron chi connectivity index (χ1n) is 9.43. The van der Waals surface area contributed by atoms with E-state index in [0.717, 1.165) is 32.1 Å². The fraction of sp³-hybridized carbons (Fsp3) is 0.652. The van der Waals surface area contributed by atoms with E-state index in [1.165, 1.54) is 5.57 Å². The van der Waals surface area contributed by atoms with Crippen LogP contribution in [0.4, 0.5) is 0 Å². The molecular weight excluding hydrogens is 308 g/mol. The maximum atomic E-state index is 11.0. The average molecular weight is 338 g/mol. The van der Waals surface area contributed by atoms with Crippen molar-refractivity contribution in [3.63, 3.8) is 0 Å². The Hall–Kier alpha value is -1.64. The van der Waals surface area contributed by atoms with Crippen molar-refractivity contribution in [2.45, 2.75) is 64.9 Å². The fourth-order valence-electron chi connectivity index (χ4n) is 5.90. The molecule has 25 heavy (non-hydrogen) atoms. The number of allylic oxidation sites excluding steroid dienone is 4. The van der Waals surface area contributed by atoms with Gasteiger partial charge in [-0.25, -0.2) is 0 Å². The smallest absolute Gasteiger partial charge is 0.128 e. The quantitative estimate of drug-likeness (QED) is 0.722. The van der Waals surface area contributed by atoms with Crippen LogP contribution in [0.1, 0.15) is 59.3 Å². The van der Waals surface area contributed by atoms with Crippen LogP contribution in [0.25, 0.3) is 0 Å². The minimum atomic E-state index is -1.16. The van der Waals surface area contributed by atoms with Gasteiger partial charge in [-0.15, -0.1) is 18.8 Å². The van der Waals surface area contributed by atoms with Gasteiger partial charge in [-0.05, 0) is 67.4 Å². The fourth-order valence-corrected chi connectivity index (χ4v) is 5.90. The monoisotopic (exact) mass is 338 g/mol. The molecular formula is C23H30O2. The summed E-state index contributed by atoms with van der Waals surface area (Å²) in [6.45, 7) is 6.23. The second kappa shape index (κ2) is 5.96. The van der Waals surface area contributed by atoms with Crippen LogP contribution in [0, 0.1) is 53.3 Å². The number of hydrogen-bond donors (Lipinski definition) is 2. The molecule has 0 amide bonds. The normalized spacial score (nSPS) is 42.6.